The first-order valence-electron chi connectivity index (χ1n) is 7.44. The van der Waals surface area contributed by atoms with Crippen LogP contribution in [0.3, 0.4) is 0 Å². The number of hydrogen-bond acceptors (Lipinski definition) is 4. The van der Waals surface area contributed by atoms with E-state index in [-0.39, 0.29) is 11.5 Å². The van der Waals surface area contributed by atoms with Gasteiger partial charge >= 0.3 is 0 Å². The van der Waals surface area contributed by atoms with Crippen LogP contribution in [0.2, 0.25) is 0 Å². The van der Waals surface area contributed by atoms with Crippen LogP contribution in [0.5, 0.6) is 23.0 Å². The van der Waals surface area contributed by atoms with Gasteiger partial charge in [0.2, 0.25) is 0 Å². The molecule has 0 unspecified atom stereocenters. The molecule has 0 saturated carbocycles. The standard InChI is InChI=1S/C19H22O4/c1-13(10-15-7-9-17(21)19(12-15)23-3)4-5-14-6-8-16(20)18(11-14)22-2/h4-9,11-13,20-21H,10H2,1-3H3/b5-4+/t13-/m0/s1. The van der Waals surface area contributed by atoms with Gasteiger partial charge in [0.15, 0.2) is 23.0 Å². The monoisotopic (exact) mass is 314 g/mol. The van der Waals surface area contributed by atoms with Crippen molar-refractivity contribution in [3.63, 3.8) is 0 Å². The highest BCUT2D eigenvalue weighted by molar-refractivity contribution is 5.55. The van der Waals surface area contributed by atoms with Crippen LogP contribution in [0, 0.1) is 5.92 Å². The molecule has 0 amide bonds. The summed E-state index contributed by atoms with van der Waals surface area (Å²) in [6.45, 7) is 2.12. The lowest BCUT2D eigenvalue weighted by Crippen LogP contribution is -1.96. The Morgan fingerprint density at radius 2 is 1.57 bits per heavy atom. The van der Waals surface area contributed by atoms with E-state index in [0.717, 1.165) is 17.5 Å². The summed E-state index contributed by atoms with van der Waals surface area (Å²) in [5.74, 6) is 1.54. The predicted octanol–water partition coefficient (Wildman–Crippen LogP) is 4.01. The van der Waals surface area contributed by atoms with Gasteiger partial charge in [-0.1, -0.05) is 31.2 Å². The van der Waals surface area contributed by atoms with Crippen LogP contribution in [-0.2, 0) is 6.42 Å². The molecule has 2 aromatic rings. The second kappa shape index (κ2) is 7.58. The van der Waals surface area contributed by atoms with E-state index >= 15 is 0 Å². The van der Waals surface area contributed by atoms with Gasteiger partial charge in [0.05, 0.1) is 14.2 Å². The first kappa shape index (κ1) is 16.7. The molecule has 2 rings (SSSR count). The van der Waals surface area contributed by atoms with Crippen molar-refractivity contribution >= 4 is 6.08 Å². The zero-order chi connectivity index (χ0) is 16.8. The largest absolute Gasteiger partial charge is 0.504 e. The van der Waals surface area contributed by atoms with Crippen LogP contribution >= 0.6 is 0 Å². The lowest BCUT2D eigenvalue weighted by Gasteiger charge is -2.10. The molecule has 122 valence electrons. The number of ether oxygens (including phenoxy) is 2. The SMILES string of the molecule is COc1cc(/C=C/[C@H](C)Cc2ccc(O)c(OC)c2)ccc1O. The molecule has 0 radical (unpaired) electrons. The van der Waals surface area contributed by atoms with E-state index in [4.69, 9.17) is 9.47 Å². The Labute approximate surface area is 136 Å². The molecule has 0 aliphatic carbocycles. The molecule has 2 aromatic carbocycles. The molecule has 23 heavy (non-hydrogen) atoms. The fourth-order valence-electron chi connectivity index (χ4n) is 2.36. The van der Waals surface area contributed by atoms with Crippen molar-refractivity contribution in [3.8, 4) is 23.0 Å². The Bertz CT molecular complexity index is 692. The first-order valence-corrected chi connectivity index (χ1v) is 7.44. The normalized spacial score (nSPS) is 12.3. The molecule has 0 spiro atoms. The van der Waals surface area contributed by atoms with Crippen LogP contribution in [0.4, 0.5) is 0 Å². The second-order valence-corrected chi connectivity index (χ2v) is 5.48. The summed E-state index contributed by atoms with van der Waals surface area (Å²) in [6.07, 6.45) is 4.94. The summed E-state index contributed by atoms with van der Waals surface area (Å²) in [5.41, 5.74) is 2.06. The first-order chi connectivity index (χ1) is 11.0. The average molecular weight is 314 g/mol. The number of benzene rings is 2. The van der Waals surface area contributed by atoms with Gasteiger partial charge in [-0.25, -0.2) is 0 Å². The van der Waals surface area contributed by atoms with Crippen LogP contribution in [-0.4, -0.2) is 24.4 Å². The summed E-state index contributed by atoms with van der Waals surface area (Å²) in [7, 11) is 3.07. The van der Waals surface area contributed by atoms with Crippen LogP contribution in [0.25, 0.3) is 6.08 Å². The summed E-state index contributed by atoms with van der Waals surface area (Å²) in [6, 6.07) is 10.6. The van der Waals surface area contributed by atoms with Gasteiger partial charge in [0.1, 0.15) is 0 Å². The minimum atomic E-state index is 0.133. The third-order valence-corrected chi connectivity index (χ3v) is 3.62. The van der Waals surface area contributed by atoms with Crippen molar-refractivity contribution in [3.05, 3.63) is 53.6 Å². The fourth-order valence-corrected chi connectivity index (χ4v) is 2.36. The van der Waals surface area contributed by atoms with Gasteiger partial charge < -0.3 is 19.7 Å². The molecule has 0 aliphatic rings. The van der Waals surface area contributed by atoms with Gasteiger partial charge in [-0.2, -0.15) is 0 Å². The van der Waals surface area contributed by atoms with E-state index in [9.17, 15) is 10.2 Å². The smallest absolute Gasteiger partial charge is 0.161 e. The number of hydrogen-bond donors (Lipinski definition) is 2. The van der Waals surface area contributed by atoms with Crippen molar-refractivity contribution in [1.82, 2.24) is 0 Å². The minimum absolute atomic E-state index is 0.133. The number of phenolic OH excluding ortho intramolecular Hbond substituents is 2. The predicted molar refractivity (Wildman–Crippen MR) is 91.2 cm³/mol. The molecule has 0 heterocycles. The van der Waals surface area contributed by atoms with E-state index in [1.54, 1.807) is 25.3 Å². The van der Waals surface area contributed by atoms with Crippen LogP contribution in [0.15, 0.2) is 42.5 Å². The maximum Gasteiger partial charge on any atom is 0.161 e. The molecular weight excluding hydrogens is 292 g/mol. The number of rotatable bonds is 6. The Morgan fingerprint density at radius 1 is 0.957 bits per heavy atom. The van der Waals surface area contributed by atoms with Crippen molar-refractivity contribution in [2.75, 3.05) is 14.2 Å². The maximum atomic E-state index is 9.62. The van der Waals surface area contributed by atoms with Crippen LogP contribution in [0.1, 0.15) is 18.1 Å². The van der Waals surface area contributed by atoms with Crippen molar-refractivity contribution in [1.29, 1.82) is 0 Å². The van der Waals surface area contributed by atoms with Crippen LogP contribution < -0.4 is 9.47 Å². The number of aromatic hydroxyl groups is 2. The van der Waals surface area contributed by atoms with Crippen molar-refractivity contribution < 1.29 is 19.7 Å². The van der Waals surface area contributed by atoms with Crippen molar-refractivity contribution in [2.45, 2.75) is 13.3 Å². The number of allylic oxidation sites excluding steroid dienone is 1. The van der Waals surface area contributed by atoms with Gasteiger partial charge in [-0.15, -0.1) is 0 Å². The summed E-state index contributed by atoms with van der Waals surface area (Å²) >= 11 is 0. The Balaban J connectivity index is 2.05. The number of methoxy groups -OCH3 is 2. The van der Waals surface area contributed by atoms with E-state index in [0.29, 0.717) is 17.4 Å². The third-order valence-electron chi connectivity index (χ3n) is 3.62. The molecule has 0 bridgehead atoms. The molecule has 0 saturated heterocycles. The highest BCUT2D eigenvalue weighted by atomic mass is 16.5. The lowest BCUT2D eigenvalue weighted by molar-refractivity contribution is 0.373. The van der Waals surface area contributed by atoms with Gasteiger partial charge in [0, 0.05) is 0 Å². The van der Waals surface area contributed by atoms with Gasteiger partial charge in [-0.3, -0.25) is 0 Å². The van der Waals surface area contributed by atoms with Crippen molar-refractivity contribution in [2.24, 2.45) is 5.92 Å². The highest BCUT2D eigenvalue weighted by Gasteiger charge is 2.06. The second-order valence-electron chi connectivity index (χ2n) is 5.48. The zero-order valence-electron chi connectivity index (χ0n) is 13.6. The van der Waals surface area contributed by atoms with E-state index in [1.807, 2.05) is 24.3 Å². The summed E-state index contributed by atoms with van der Waals surface area (Å²) in [4.78, 5) is 0. The molecule has 0 aromatic heterocycles. The lowest BCUT2D eigenvalue weighted by atomic mass is 9.99. The van der Waals surface area contributed by atoms with E-state index in [2.05, 4.69) is 13.0 Å². The molecular formula is C19H22O4. The number of phenols is 2. The highest BCUT2D eigenvalue weighted by Crippen LogP contribution is 2.28. The molecule has 4 nitrogen and oxygen atoms in total. The molecule has 2 N–H and O–H groups in total. The Hall–Kier alpha value is -2.62. The van der Waals surface area contributed by atoms with E-state index in [1.165, 1.54) is 7.11 Å². The summed E-state index contributed by atoms with van der Waals surface area (Å²) < 4.78 is 10.2. The minimum Gasteiger partial charge on any atom is -0.504 e. The Morgan fingerprint density at radius 3 is 2.22 bits per heavy atom. The topological polar surface area (TPSA) is 58.9 Å². The molecule has 0 aliphatic heterocycles. The molecule has 1 atom stereocenters. The quantitative estimate of drug-likeness (QED) is 0.846. The van der Waals surface area contributed by atoms with Gasteiger partial charge in [-0.05, 0) is 47.7 Å². The van der Waals surface area contributed by atoms with Gasteiger partial charge in [0.25, 0.3) is 0 Å². The summed E-state index contributed by atoms with van der Waals surface area (Å²) in [5, 5.41) is 19.2. The Kier molecular flexibility index (Phi) is 5.52. The maximum absolute atomic E-state index is 9.62. The average Bonchev–Trinajstić information content (AvgIpc) is 2.55. The van der Waals surface area contributed by atoms with E-state index < -0.39 is 0 Å². The molecule has 4 heteroatoms. The zero-order valence-corrected chi connectivity index (χ0v) is 13.6. The third kappa shape index (κ3) is 4.42. The molecule has 0 fully saturated rings. The fraction of sp³-hybridized carbons (Fsp3) is 0.263.